The van der Waals surface area contributed by atoms with Crippen LogP contribution in [0.5, 0.6) is 0 Å². The van der Waals surface area contributed by atoms with Crippen LogP contribution in [0.3, 0.4) is 0 Å². The van der Waals surface area contributed by atoms with Gasteiger partial charge in [-0.05, 0) is 24.6 Å². The maximum atomic E-state index is 11.4. The monoisotopic (exact) mass is 257 g/mol. The van der Waals surface area contributed by atoms with Gasteiger partial charge < -0.3 is 16.4 Å². The summed E-state index contributed by atoms with van der Waals surface area (Å²) in [7, 11) is 1.87. The maximum Gasteiger partial charge on any atom is 0.228 e. The lowest BCUT2D eigenvalue weighted by molar-refractivity contribution is -0.115. The van der Waals surface area contributed by atoms with E-state index in [4.69, 9.17) is 5.73 Å². The molecule has 0 saturated carbocycles. The standard InChI is InChI=1S/C13H15N5O/c1-7-12(6-18(2)17-7)15-11-5-10-8(3-9(11)14)4-13(19)16-10/h3,5-6,15H,4,14H2,1-2H3,(H,16,19). The number of nitrogen functional groups attached to an aromatic ring is 1. The summed E-state index contributed by atoms with van der Waals surface area (Å²) in [6.45, 7) is 1.92. The van der Waals surface area contributed by atoms with Gasteiger partial charge in [-0.1, -0.05) is 0 Å². The molecule has 1 aromatic carbocycles. The van der Waals surface area contributed by atoms with Crippen LogP contribution < -0.4 is 16.4 Å². The molecule has 19 heavy (non-hydrogen) atoms. The summed E-state index contributed by atoms with van der Waals surface area (Å²) in [6.07, 6.45) is 2.28. The number of benzene rings is 1. The van der Waals surface area contributed by atoms with Crippen LogP contribution in [0.25, 0.3) is 0 Å². The van der Waals surface area contributed by atoms with Gasteiger partial charge in [-0.3, -0.25) is 9.48 Å². The second kappa shape index (κ2) is 4.01. The molecule has 0 aliphatic carbocycles. The highest BCUT2D eigenvalue weighted by molar-refractivity contribution is 6.01. The van der Waals surface area contributed by atoms with Crippen LogP contribution >= 0.6 is 0 Å². The van der Waals surface area contributed by atoms with Crippen molar-refractivity contribution >= 4 is 28.7 Å². The molecule has 1 aliphatic rings. The lowest BCUT2D eigenvalue weighted by atomic mass is 10.1. The van der Waals surface area contributed by atoms with Gasteiger partial charge in [-0.15, -0.1) is 0 Å². The van der Waals surface area contributed by atoms with Crippen molar-refractivity contribution in [2.24, 2.45) is 7.05 Å². The minimum atomic E-state index is 0.00380. The third kappa shape index (κ3) is 2.01. The zero-order valence-electron chi connectivity index (χ0n) is 10.8. The van der Waals surface area contributed by atoms with Crippen LogP contribution in [0.4, 0.5) is 22.7 Å². The molecular formula is C13H15N5O. The van der Waals surface area contributed by atoms with Crippen LogP contribution in [-0.2, 0) is 18.3 Å². The number of carbonyl (C=O) groups is 1. The summed E-state index contributed by atoms with van der Waals surface area (Å²) >= 11 is 0. The Morgan fingerprint density at radius 2 is 2.21 bits per heavy atom. The molecule has 3 rings (SSSR count). The molecule has 98 valence electrons. The molecule has 1 amide bonds. The van der Waals surface area contributed by atoms with Crippen molar-refractivity contribution in [1.82, 2.24) is 9.78 Å². The lowest BCUT2D eigenvalue weighted by Gasteiger charge is -2.10. The second-order valence-corrected chi connectivity index (χ2v) is 4.75. The van der Waals surface area contributed by atoms with Crippen LogP contribution in [0, 0.1) is 6.92 Å². The first-order valence-corrected chi connectivity index (χ1v) is 6.02. The third-order valence-electron chi connectivity index (χ3n) is 3.18. The summed E-state index contributed by atoms with van der Waals surface area (Å²) in [4.78, 5) is 11.4. The van der Waals surface area contributed by atoms with E-state index < -0.39 is 0 Å². The summed E-state index contributed by atoms with van der Waals surface area (Å²) < 4.78 is 1.74. The zero-order valence-corrected chi connectivity index (χ0v) is 10.8. The quantitative estimate of drug-likeness (QED) is 0.712. The fourth-order valence-electron chi connectivity index (χ4n) is 2.27. The number of amides is 1. The van der Waals surface area contributed by atoms with Crippen LogP contribution in [0.1, 0.15) is 11.3 Å². The zero-order chi connectivity index (χ0) is 13.6. The molecule has 0 atom stereocenters. The van der Waals surface area contributed by atoms with Gasteiger partial charge >= 0.3 is 0 Å². The SMILES string of the molecule is Cc1nn(C)cc1Nc1cc2c(cc1N)CC(=O)N2. The summed E-state index contributed by atoms with van der Waals surface area (Å²) in [6, 6.07) is 3.70. The Labute approximate surface area is 110 Å². The number of hydrogen-bond acceptors (Lipinski definition) is 4. The molecule has 0 unspecified atom stereocenters. The number of aryl methyl sites for hydroxylation is 2. The molecule has 1 aliphatic heterocycles. The number of fused-ring (bicyclic) bond motifs is 1. The van der Waals surface area contributed by atoms with E-state index in [1.54, 1.807) is 4.68 Å². The van der Waals surface area contributed by atoms with Gasteiger partial charge in [-0.2, -0.15) is 5.10 Å². The Morgan fingerprint density at radius 3 is 2.89 bits per heavy atom. The lowest BCUT2D eigenvalue weighted by Crippen LogP contribution is -2.03. The highest BCUT2D eigenvalue weighted by atomic mass is 16.1. The van der Waals surface area contributed by atoms with Crippen molar-refractivity contribution in [2.45, 2.75) is 13.3 Å². The molecule has 0 fully saturated rings. The number of aromatic nitrogens is 2. The first-order valence-electron chi connectivity index (χ1n) is 6.02. The Balaban J connectivity index is 1.96. The van der Waals surface area contributed by atoms with Crippen molar-refractivity contribution in [3.05, 3.63) is 29.6 Å². The van der Waals surface area contributed by atoms with E-state index in [-0.39, 0.29) is 5.91 Å². The molecule has 6 nitrogen and oxygen atoms in total. The fraction of sp³-hybridized carbons (Fsp3) is 0.231. The maximum absolute atomic E-state index is 11.4. The number of nitrogens with one attached hydrogen (secondary N) is 2. The third-order valence-corrected chi connectivity index (χ3v) is 3.18. The summed E-state index contributed by atoms with van der Waals surface area (Å²) in [5, 5.41) is 10.3. The predicted octanol–water partition coefficient (Wildman–Crippen LogP) is 1.55. The van der Waals surface area contributed by atoms with Crippen molar-refractivity contribution < 1.29 is 4.79 Å². The van der Waals surface area contributed by atoms with Crippen molar-refractivity contribution in [2.75, 3.05) is 16.4 Å². The van der Waals surface area contributed by atoms with Crippen molar-refractivity contribution in [3.63, 3.8) is 0 Å². The molecule has 1 aromatic heterocycles. The molecule has 0 saturated heterocycles. The molecule has 2 aromatic rings. The van der Waals surface area contributed by atoms with Gasteiger partial charge in [0.25, 0.3) is 0 Å². The molecule has 0 spiro atoms. The van der Waals surface area contributed by atoms with Gasteiger partial charge in [0.1, 0.15) is 0 Å². The summed E-state index contributed by atoms with van der Waals surface area (Å²) in [5.41, 5.74) is 11.0. The number of nitrogens with two attached hydrogens (primary N) is 1. The molecule has 0 radical (unpaired) electrons. The first kappa shape index (κ1) is 11.6. The van der Waals surface area contributed by atoms with E-state index in [0.29, 0.717) is 12.1 Å². The number of rotatable bonds is 2. The van der Waals surface area contributed by atoms with Gasteiger partial charge in [0, 0.05) is 18.9 Å². The molecule has 0 bridgehead atoms. The number of anilines is 4. The second-order valence-electron chi connectivity index (χ2n) is 4.75. The predicted molar refractivity (Wildman–Crippen MR) is 74.4 cm³/mol. The molecule has 2 heterocycles. The van der Waals surface area contributed by atoms with E-state index >= 15 is 0 Å². The highest BCUT2D eigenvalue weighted by Crippen LogP contribution is 2.33. The van der Waals surface area contributed by atoms with Crippen LogP contribution in [-0.4, -0.2) is 15.7 Å². The van der Waals surface area contributed by atoms with E-state index in [9.17, 15) is 4.79 Å². The van der Waals surface area contributed by atoms with Crippen LogP contribution in [0.2, 0.25) is 0 Å². The largest absolute Gasteiger partial charge is 0.397 e. The van der Waals surface area contributed by atoms with Crippen molar-refractivity contribution in [3.8, 4) is 0 Å². The Morgan fingerprint density at radius 1 is 1.42 bits per heavy atom. The van der Waals surface area contributed by atoms with Gasteiger partial charge in [-0.25, -0.2) is 0 Å². The number of hydrogen-bond donors (Lipinski definition) is 3. The van der Waals surface area contributed by atoms with E-state index in [1.165, 1.54) is 0 Å². The molecule has 6 heteroatoms. The fourth-order valence-corrected chi connectivity index (χ4v) is 2.27. The van der Waals surface area contributed by atoms with Gasteiger partial charge in [0.05, 0.1) is 29.2 Å². The number of carbonyl (C=O) groups excluding carboxylic acids is 1. The van der Waals surface area contributed by atoms with E-state index in [2.05, 4.69) is 15.7 Å². The normalized spacial score (nSPS) is 13.3. The van der Waals surface area contributed by atoms with Gasteiger partial charge in [0.2, 0.25) is 5.91 Å². The Bertz CT molecular complexity index is 674. The molecular weight excluding hydrogens is 242 g/mol. The smallest absolute Gasteiger partial charge is 0.228 e. The summed E-state index contributed by atoms with van der Waals surface area (Å²) in [5.74, 6) is 0.00380. The van der Waals surface area contributed by atoms with E-state index in [1.807, 2.05) is 32.3 Å². The minimum Gasteiger partial charge on any atom is -0.397 e. The first-order chi connectivity index (χ1) is 9.02. The van der Waals surface area contributed by atoms with Crippen molar-refractivity contribution in [1.29, 1.82) is 0 Å². The molecule has 4 N–H and O–H groups in total. The van der Waals surface area contributed by atoms with Crippen LogP contribution in [0.15, 0.2) is 18.3 Å². The number of nitrogens with zero attached hydrogens (tertiary/aromatic N) is 2. The minimum absolute atomic E-state index is 0.00380. The average molecular weight is 257 g/mol. The van der Waals surface area contributed by atoms with Gasteiger partial charge in [0.15, 0.2) is 0 Å². The average Bonchev–Trinajstić information content (AvgIpc) is 2.81. The Kier molecular flexibility index (Phi) is 2.45. The highest BCUT2D eigenvalue weighted by Gasteiger charge is 2.19. The Hall–Kier alpha value is -2.50. The topological polar surface area (TPSA) is 85.0 Å². The van der Waals surface area contributed by atoms with E-state index in [0.717, 1.165) is 28.3 Å².